The number of hydrogen-bond acceptors (Lipinski definition) is 1. The van der Waals surface area contributed by atoms with Gasteiger partial charge in [-0.3, -0.25) is 0 Å². The summed E-state index contributed by atoms with van der Waals surface area (Å²) >= 11 is 0. The van der Waals surface area contributed by atoms with Gasteiger partial charge in [0.2, 0.25) is 0 Å². The zero-order valence-electron chi connectivity index (χ0n) is 10.3. The topological polar surface area (TPSA) is 12.0 Å². The van der Waals surface area contributed by atoms with Gasteiger partial charge in [-0.15, -0.1) is 0 Å². The molecule has 0 heterocycles. The van der Waals surface area contributed by atoms with Gasteiger partial charge in [0.25, 0.3) is 0 Å². The van der Waals surface area contributed by atoms with Crippen LogP contribution in [0.25, 0.3) is 0 Å². The van der Waals surface area contributed by atoms with E-state index in [2.05, 4.69) is 44.3 Å². The molecule has 0 spiro atoms. The highest BCUT2D eigenvalue weighted by molar-refractivity contribution is 5.47. The maximum absolute atomic E-state index is 3.47. The average Bonchev–Trinajstić information content (AvgIpc) is 2.23. The van der Waals surface area contributed by atoms with Gasteiger partial charge in [0.1, 0.15) is 0 Å². The molecule has 1 heteroatoms. The van der Waals surface area contributed by atoms with Crippen LogP contribution < -0.4 is 5.32 Å². The fourth-order valence-corrected chi connectivity index (χ4v) is 1.64. The van der Waals surface area contributed by atoms with Crippen LogP contribution in [0.3, 0.4) is 0 Å². The molecular formula is C14H23N. The molecule has 0 amide bonds. The van der Waals surface area contributed by atoms with Crippen LogP contribution in [0.15, 0.2) is 18.2 Å². The lowest BCUT2D eigenvalue weighted by Gasteiger charge is -2.08. The van der Waals surface area contributed by atoms with Gasteiger partial charge in [-0.25, -0.2) is 0 Å². The summed E-state index contributed by atoms with van der Waals surface area (Å²) in [4.78, 5) is 0. The molecule has 84 valence electrons. The van der Waals surface area contributed by atoms with E-state index in [1.807, 2.05) is 0 Å². The van der Waals surface area contributed by atoms with Crippen molar-refractivity contribution in [2.75, 3.05) is 11.9 Å². The van der Waals surface area contributed by atoms with Gasteiger partial charge in [0.15, 0.2) is 0 Å². The van der Waals surface area contributed by atoms with E-state index in [0.29, 0.717) is 0 Å². The summed E-state index contributed by atoms with van der Waals surface area (Å²) in [5, 5.41) is 3.47. The monoisotopic (exact) mass is 205 g/mol. The van der Waals surface area contributed by atoms with Crippen molar-refractivity contribution in [3.05, 3.63) is 29.3 Å². The molecule has 0 aliphatic heterocycles. The third kappa shape index (κ3) is 4.37. The molecule has 0 aromatic heterocycles. The Labute approximate surface area is 93.9 Å². The third-order valence-corrected chi connectivity index (χ3v) is 2.87. The minimum atomic E-state index is 1.10. The summed E-state index contributed by atoms with van der Waals surface area (Å²) in [6.45, 7) is 7.66. The number of unbranched alkanes of at least 4 members (excludes halogenated alkanes) is 3. The second kappa shape index (κ2) is 6.49. The Kier molecular flexibility index (Phi) is 5.23. The van der Waals surface area contributed by atoms with Gasteiger partial charge in [-0.1, -0.05) is 32.3 Å². The molecule has 1 aromatic carbocycles. The highest BCUT2D eigenvalue weighted by Gasteiger charge is 1.95. The molecule has 1 nitrogen and oxygen atoms in total. The second-order valence-electron chi connectivity index (χ2n) is 4.29. The van der Waals surface area contributed by atoms with Gasteiger partial charge in [-0.05, 0) is 43.5 Å². The van der Waals surface area contributed by atoms with Gasteiger partial charge < -0.3 is 5.32 Å². The number of rotatable bonds is 6. The normalized spacial score (nSPS) is 10.3. The average molecular weight is 205 g/mol. The molecule has 15 heavy (non-hydrogen) atoms. The summed E-state index contributed by atoms with van der Waals surface area (Å²) in [6.07, 6.45) is 5.29. The van der Waals surface area contributed by atoms with Gasteiger partial charge in [-0.2, -0.15) is 0 Å². The van der Waals surface area contributed by atoms with E-state index in [4.69, 9.17) is 0 Å². The molecule has 0 unspecified atom stereocenters. The zero-order chi connectivity index (χ0) is 11.1. The number of nitrogens with one attached hydrogen (secondary N) is 1. The second-order valence-corrected chi connectivity index (χ2v) is 4.29. The van der Waals surface area contributed by atoms with E-state index in [-0.39, 0.29) is 0 Å². The number of hydrogen-bond donors (Lipinski definition) is 1. The van der Waals surface area contributed by atoms with Crippen molar-refractivity contribution in [3.63, 3.8) is 0 Å². The Morgan fingerprint density at radius 2 is 1.80 bits per heavy atom. The largest absolute Gasteiger partial charge is 0.385 e. The Bertz CT molecular complexity index is 291. The third-order valence-electron chi connectivity index (χ3n) is 2.87. The smallest absolute Gasteiger partial charge is 0.0342 e. The van der Waals surface area contributed by atoms with Crippen molar-refractivity contribution in [2.45, 2.75) is 46.5 Å². The van der Waals surface area contributed by atoms with Crippen LogP contribution in [0.1, 0.15) is 43.7 Å². The quantitative estimate of drug-likeness (QED) is 0.683. The van der Waals surface area contributed by atoms with Crippen LogP contribution in [-0.4, -0.2) is 6.54 Å². The molecule has 1 N–H and O–H groups in total. The Morgan fingerprint density at radius 3 is 2.47 bits per heavy atom. The van der Waals surface area contributed by atoms with Crippen molar-refractivity contribution in [1.82, 2.24) is 0 Å². The standard InChI is InChI=1S/C14H23N/c1-4-5-6-7-10-15-14-9-8-12(2)13(3)11-14/h8-9,11,15H,4-7,10H2,1-3H3. The summed E-state index contributed by atoms with van der Waals surface area (Å²) < 4.78 is 0. The minimum Gasteiger partial charge on any atom is -0.385 e. The van der Waals surface area contributed by atoms with Gasteiger partial charge in [0, 0.05) is 12.2 Å². The lowest BCUT2D eigenvalue weighted by molar-refractivity contribution is 0.685. The van der Waals surface area contributed by atoms with Crippen molar-refractivity contribution in [3.8, 4) is 0 Å². The van der Waals surface area contributed by atoms with Crippen LogP contribution in [0, 0.1) is 13.8 Å². The molecule has 0 aliphatic rings. The molecule has 0 saturated heterocycles. The van der Waals surface area contributed by atoms with Crippen molar-refractivity contribution < 1.29 is 0 Å². The van der Waals surface area contributed by atoms with E-state index in [1.165, 1.54) is 42.5 Å². The molecule has 0 aliphatic carbocycles. The molecule has 0 fully saturated rings. The molecule has 1 rings (SSSR count). The van der Waals surface area contributed by atoms with E-state index in [9.17, 15) is 0 Å². The first kappa shape index (κ1) is 12.1. The first-order chi connectivity index (χ1) is 7.24. The van der Waals surface area contributed by atoms with E-state index < -0.39 is 0 Å². The van der Waals surface area contributed by atoms with E-state index >= 15 is 0 Å². The van der Waals surface area contributed by atoms with Crippen molar-refractivity contribution in [1.29, 1.82) is 0 Å². The SMILES string of the molecule is CCCCCCNc1ccc(C)c(C)c1. The number of anilines is 1. The van der Waals surface area contributed by atoms with Crippen LogP contribution >= 0.6 is 0 Å². The molecular weight excluding hydrogens is 182 g/mol. The maximum atomic E-state index is 3.47. The van der Waals surface area contributed by atoms with Gasteiger partial charge in [0.05, 0.1) is 0 Å². The molecule has 0 radical (unpaired) electrons. The first-order valence-corrected chi connectivity index (χ1v) is 6.05. The highest BCUT2D eigenvalue weighted by Crippen LogP contribution is 2.14. The Morgan fingerprint density at radius 1 is 1.00 bits per heavy atom. The van der Waals surface area contributed by atoms with E-state index in [0.717, 1.165) is 6.54 Å². The van der Waals surface area contributed by atoms with Crippen LogP contribution in [-0.2, 0) is 0 Å². The Balaban J connectivity index is 2.28. The predicted molar refractivity (Wildman–Crippen MR) is 68.5 cm³/mol. The maximum Gasteiger partial charge on any atom is 0.0342 e. The predicted octanol–water partition coefficient (Wildman–Crippen LogP) is 4.30. The van der Waals surface area contributed by atoms with Crippen molar-refractivity contribution >= 4 is 5.69 Å². The first-order valence-electron chi connectivity index (χ1n) is 6.05. The van der Waals surface area contributed by atoms with Crippen LogP contribution in [0.5, 0.6) is 0 Å². The summed E-state index contributed by atoms with van der Waals surface area (Å²) in [6, 6.07) is 6.58. The van der Waals surface area contributed by atoms with Crippen LogP contribution in [0.2, 0.25) is 0 Å². The number of aryl methyl sites for hydroxylation is 2. The van der Waals surface area contributed by atoms with Gasteiger partial charge >= 0.3 is 0 Å². The Hall–Kier alpha value is -0.980. The summed E-state index contributed by atoms with van der Waals surface area (Å²) in [5.41, 5.74) is 4.00. The molecule has 0 saturated carbocycles. The lowest BCUT2D eigenvalue weighted by atomic mass is 10.1. The highest BCUT2D eigenvalue weighted by atomic mass is 14.9. The fourth-order valence-electron chi connectivity index (χ4n) is 1.64. The number of benzene rings is 1. The fraction of sp³-hybridized carbons (Fsp3) is 0.571. The van der Waals surface area contributed by atoms with Crippen molar-refractivity contribution in [2.24, 2.45) is 0 Å². The molecule has 0 atom stereocenters. The lowest BCUT2D eigenvalue weighted by Crippen LogP contribution is -2.01. The van der Waals surface area contributed by atoms with Crippen LogP contribution in [0.4, 0.5) is 5.69 Å². The summed E-state index contributed by atoms with van der Waals surface area (Å²) in [5.74, 6) is 0. The summed E-state index contributed by atoms with van der Waals surface area (Å²) in [7, 11) is 0. The zero-order valence-corrected chi connectivity index (χ0v) is 10.3. The molecule has 0 bridgehead atoms. The minimum absolute atomic E-state index is 1.10. The van der Waals surface area contributed by atoms with E-state index in [1.54, 1.807) is 0 Å². The molecule has 1 aromatic rings.